The maximum Gasteiger partial charge on any atom is 0.260 e. The Morgan fingerprint density at radius 2 is 1.60 bits per heavy atom. The van der Waals surface area contributed by atoms with Crippen LogP contribution in [0, 0.1) is 5.41 Å². The van der Waals surface area contributed by atoms with Crippen molar-refractivity contribution in [1.82, 2.24) is 40.0 Å². The lowest BCUT2D eigenvalue weighted by Crippen LogP contribution is -2.57. The summed E-state index contributed by atoms with van der Waals surface area (Å²) in [5.41, 5.74) is 6.03. The van der Waals surface area contributed by atoms with Crippen molar-refractivity contribution in [3.05, 3.63) is 108 Å². The Morgan fingerprint density at radius 3 is 2.37 bits per heavy atom. The van der Waals surface area contributed by atoms with E-state index in [0.29, 0.717) is 48.2 Å². The van der Waals surface area contributed by atoms with Gasteiger partial charge in [0.25, 0.3) is 5.91 Å². The number of fused-ring (bicyclic) bond motifs is 1. The molecule has 3 saturated heterocycles. The van der Waals surface area contributed by atoms with Gasteiger partial charge in [0.2, 0.25) is 17.7 Å². The summed E-state index contributed by atoms with van der Waals surface area (Å²) in [7, 11) is 0. The van der Waals surface area contributed by atoms with Crippen molar-refractivity contribution >= 4 is 46.3 Å². The van der Waals surface area contributed by atoms with Gasteiger partial charge in [-0.1, -0.05) is 54.6 Å². The van der Waals surface area contributed by atoms with Gasteiger partial charge >= 0.3 is 0 Å². The van der Waals surface area contributed by atoms with E-state index in [9.17, 15) is 19.2 Å². The van der Waals surface area contributed by atoms with Gasteiger partial charge in [-0.05, 0) is 123 Å². The topological polar surface area (TPSA) is 164 Å². The third kappa shape index (κ3) is 8.91. The lowest BCUT2D eigenvalue weighted by Gasteiger charge is -2.56. The quantitative estimate of drug-likeness (QED) is 0.124. The van der Waals surface area contributed by atoms with Gasteiger partial charge in [-0.15, -0.1) is 0 Å². The van der Waals surface area contributed by atoms with E-state index in [1.807, 2.05) is 59.8 Å². The second-order valence-corrected chi connectivity index (χ2v) is 18.5. The number of imide groups is 1. The highest BCUT2D eigenvalue weighted by Crippen LogP contribution is 2.51. The predicted molar refractivity (Wildman–Crippen MR) is 237 cm³/mol. The van der Waals surface area contributed by atoms with Crippen LogP contribution in [0.4, 0.5) is 11.5 Å². The molecule has 10 rings (SSSR count). The zero-order valence-corrected chi connectivity index (χ0v) is 35.6. The number of carbonyl (C=O) groups excluding carboxylic acids is 4. The zero-order valence-electron chi connectivity index (χ0n) is 35.6. The monoisotopic (exact) mass is 849 g/mol. The van der Waals surface area contributed by atoms with E-state index < -0.39 is 0 Å². The van der Waals surface area contributed by atoms with E-state index in [-0.39, 0.29) is 48.2 Å². The van der Waals surface area contributed by atoms with Gasteiger partial charge in [-0.2, -0.15) is 0 Å². The van der Waals surface area contributed by atoms with E-state index in [4.69, 9.17) is 9.72 Å². The van der Waals surface area contributed by atoms with Crippen molar-refractivity contribution in [3.8, 4) is 5.75 Å². The molecule has 5 fully saturated rings. The Hall–Kier alpha value is -6.15. The van der Waals surface area contributed by atoms with Gasteiger partial charge in [0.05, 0.1) is 18.7 Å². The standard InChI is InChI=1S/C49H55N9O5/c59-42-14-13-41(48(62)55-42)35-7-4-8-40(24-35)63-29-44(61)57-21-17-49(18-22-57)27-39(28-49)56-19-15-34(16-20-56)33-9-11-36(12-10-33)54-46-45-47(51-30-50-46)58(31-52-45)38-25-37(26-38)53-43(60)23-32-5-2-1-3-6-32/h1-12,24,30-31,34,37-39,41H,13-23,25-29H2,(H,53,60)(H,50,51,54)(H,55,59,62)/t37?,38?,41-/m0/s1. The van der Waals surface area contributed by atoms with Crippen LogP contribution in [-0.4, -0.2) is 97.8 Å². The van der Waals surface area contributed by atoms with Crippen molar-refractivity contribution in [2.24, 2.45) is 5.41 Å². The fourth-order valence-electron chi connectivity index (χ4n) is 10.7. The van der Waals surface area contributed by atoms with Crippen molar-refractivity contribution in [2.75, 3.05) is 38.1 Å². The highest BCUT2D eigenvalue weighted by atomic mass is 16.5. The highest BCUT2D eigenvalue weighted by molar-refractivity contribution is 6.01. The number of amides is 4. The number of likely N-dealkylation sites (tertiary alicyclic amines) is 2. The molecule has 2 aromatic heterocycles. The minimum Gasteiger partial charge on any atom is -0.484 e. The maximum absolute atomic E-state index is 13.1. The smallest absolute Gasteiger partial charge is 0.260 e. The van der Waals surface area contributed by atoms with E-state index >= 15 is 0 Å². The number of hydrogen-bond acceptors (Lipinski definition) is 10. The summed E-state index contributed by atoms with van der Waals surface area (Å²) in [5.74, 6) is 0.934. The van der Waals surface area contributed by atoms with Crippen LogP contribution in [0.1, 0.15) is 98.8 Å². The molecule has 0 bridgehead atoms. The summed E-state index contributed by atoms with van der Waals surface area (Å²) in [6, 6.07) is 26.9. The van der Waals surface area contributed by atoms with Crippen LogP contribution >= 0.6 is 0 Å². The third-order valence-corrected chi connectivity index (χ3v) is 14.5. The van der Waals surface area contributed by atoms with E-state index in [1.54, 1.807) is 12.4 Å². The largest absolute Gasteiger partial charge is 0.484 e. The number of hydrogen-bond donors (Lipinski definition) is 3. The van der Waals surface area contributed by atoms with Gasteiger partial charge < -0.3 is 29.7 Å². The number of piperidine rings is 3. The molecule has 14 nitrogen and oxygen atoms in total. The van der Waals surface area contributed by atoms with Crippen LogP contribution in [-0.2, 0) is 25.6 Å². The molecule has 326 valence electrons. The molecule has 14 heteroatoms. The van der Waals surface area contributed by atoms with Crippen LogP contribution < -0.4 is 20.7 Å². The minimum atomic E-state index is -0.385. The molecule has 1 spiro atoms. The summed E-state index contributed by atoms with van der Waals surface area (Å²) >= 11 is 0. The zero-order chi connectivity index (χ0) is 42.9. The Balaban J connectivity index is 0.646. The normalized spacial score (nSPS) is 22.9. The molecule has 3 N–H and O–H groups in total. The first-order valence-corrected chi connectivity index (χ1v) is 22.7. The van der Waals surface area contributed by atoms with Crippen molar-refractivity contribution in [3.63, 3.8) is 0 Å². The number of benzene rings is 3. The lowest BCUT2D eigenvalue weighted by molar-refractivity contribution is -0.138. The van der Waals surface area contributed by atoms with Crippen molar-refractivity contribution in [1.29, 1.82) is 0 Å². The summed E-state index contributed by atoms with van der Waals surface area (Å²) < 4.78 is 8.01. The van der Waals surface area contributed by atoms with Crippen LogP contribution in [0.5, 0.6) is 5.75 Å². The fourth-order valence-corrected chi connectivity index (χ4v) is 10.7. The molecule has 2 aliphatic carbocycles. The van der Waals surface area contributed by atoms with Crippen molar-refractivity contribution in [2.45, 2.75) is 101 Å². The molecule has 0 radical (unpaired) electrons. The molecule has 1 atom stereocenters. The maximum atomic E-state index is 13.1. The van der Waals surface area contributed by atoms with Gasteiger partial charge in [0, 0.05) is 43.3 Å². The van der Waals surface area contributed by atoms with Gasteiger partial charge in [0.15, 0.2) is 23.6 Å². The molecule has 3 aliphatic heterocycles. The number of aromatic nitrogens is 4. The molecule has 5 heterocycles. The first kappa shape index (κ1) is 40.9. The molecule has 2 saturated carbocycles. The number of nitrogens with zero attached hydrogens (tertiary/aromatic N) is 6. The number of anilines is 2. The van der Waals surface area contributed by atoms with E-state index in [1.165, 1.54) is 18.4 Å². The molecule has 5 aliphatic rings. The number of ether oxygens (including phenoxy) is 1. The second kappa shape index (κ2) is 17.5. The van der Waals surface area contributed by atoms with Crippen LogP contribution in [0.3, 0.4) is 0 Å². The highest BCUT2D eigenvalue weighted by Gasteiger charge is 2.48. The predicted octanol–water partition coefficient (Wildman–Crippen LogP) is 6.18. The van der Waals surface area contributed by atoms with E-state index in [0.717, 1.165) is 92.7 Å². The molecular weight excluding hydrogens is 795 g/mol. The second-order valence-electron chi connectivity index (χ2n) is 18.5. The van der Waals surface area contributed by atoms with Gasteiger partial charge in [0.1, 0.15) is 12.1 Å². The average molecular weight is 850 g/mol. The third-order valence-electron chi connectivity index (χ3n) is 14.5. The first-order valence-electron chi connectivity index (χ1n) is 22.7. The van der Waals surface area contributed by atoms with E-state index in [2.05, 4.69) is 59.7 Å². The molecule has 3 aromatic carbocycles. The Bertz CT molecular complexity index is 2460. The number of carbonyl (C=O) groups is 4. The summed E-state index contributed by atoms with van der Waals surface area (Å²) in [4.78, 5) is 68.1. The van der Waals surface area contributed by atoms with Crippen LogP contribution in [0.25, 0.3) is 11.2 Å². The molecule has 4 amide bonds. The molecular formula is C49H55N9O5. The summed E-state index contributed by atoms with van der Waals surface area (Å²) in [5, 5.41) is 9.07. The minimum absolute atomic E-state index is 0.00128. The van der Waals surface area contributed by atoms with Gasteiger partial charge in [-0.25, -0.2) is 15.0 Å². The Kier molecular flexibility index (Phi) is 11.4. The molecule has 5 aromatic rings. The lowest BCUT2D eigenvalue weighted by atomic mass is 9.59. The Morgan fingerprint density at radius 1 is 0.825 bits per heavy atom. The Labute approximate surface area is 367 Å². The fraction of sp³-hybridized carbons (Fsp3) is 0.449. The molecule has 63 heavy (non-hydrogen) atoms. The SMILES string of the molecule is O=C1CC[C@@H](c2cccc(OCC(=O)N3CCC4(CC3)CC(N3CCC(c5ccc(Nc6ncnc7c6ncn7C6CC(NC(=O)Cc7ccccc7)C6)cc5)CC3)C4)c2)C(=O)N1. The van der Waals surface area contributed by atoms with Crippen molar-refractivity contribution < 1.29 is 23.9 Å². The molecule has 0 unspecified atom stereocenters. The van der Waals surface area contributed by atoms with Crippen LogP contribution in [0.15, 0.2) is 91.5 Å². The van der Waals surface area contributed by atoms with Crippen LogP contribution in [0.2, 0.25) is 0 Å². The summed E-state index contributed by atoms with van der Waals surface area (Å²) in [6.07, 6.45) is 13.1. The average Bonchev–Trinajstić information content (AvgIpc) is 3.71. The number of rotatable bonds is 12. The first-order chi connectivity index (χ1) is 30.7. The number of imidazole rings is 1. The van der Waals surface area contributed by atoms with Gasteiger partial charge in [-0.3, -0.25) is 24.5 Å². The summed E-state index contributed by atoms with van der Waals surface area (Å²) in [6.45, 7) is 3.73. The number of nitrogens with one attached hydrogen (secondary N) is 3.